The fraction of sp³-hybridized carbons (Fsp3) is 0.357. The number of ether oxygens (including phenoxy) is 1. The zero-order valence-electron chi connectivity index (χ0n) is 22.1. The van der Waals surface area contributed by atoms with Crippen molar-refractivity contribution in [1.29, 1.82) is 0 Å². The van der Waals surface area contributed by atoms with Crippen molar-refractivity contribution in [1.82, 2.24) is 14.2 Å². The van der Waals surface area contributed by atoms with Gasteiger partial charge in [-0.05, 0) is 108 Å². The molecule has 0 unspecified atom stereocenters. The first-order valence-electron chi connectivity index (χ1n) is 11.9. The van der Waals surface area contributed by atoms with Crippen LogP contribution in [0.3, 0.4) is 0 Å². The van der Waals surface area contributed by atoms with Gasteiger partial charge >= 0.3 is 12.1 Å². The summed E-state index contributed by atoms with van der Waals surface area (Å²) in [6.45, 7) is 7.14. The number of hydrogen-bond acceptors (Lipinski definition) is 5. The monoisotopic (exact) mass is 527 g/mol. The number of amides is 1. The van der Waals surface area contributed by atoms with Gasteiger partial charge < -0.3 is 19.7 Å². The number of fused-ring (bicyclic) bond motifs is 1. The molecule has 0 saturated heterocycles. The van der Waals surface area contributed by atoms with Gasteiger partial charge in [-0.1, -0.05) is 12.1 Å². The van der Waals surface area contributed by atoms with Gasteiger partial charge in [-0.15, -0.1) is 0 Å². The minimum Gasteiger partial charge on any atom is -0.478 e. The number of carbonyl (C=O) groups excluding carboxylic acids is 1. The molecule has 198 valence electrons. The Morgan fingerprint density at radius 1 is 1.16 bits per heavy atom. The van der Waals surface area contributed by atoms with Crippen molar-refractivity contribution < 1.29 is 23.8 Å². The summed E-state index contributed by atoms with van der Waals surface area (Å²) in [4.78, 5) is 24.6. The van der Waals surface area contributed by atoms with Crippen LogP contribution in [0.5, 0.6) is 0 Å². The van der Waals surface area contributed by atoms with Crippen LogP contribution in [-0.4, -0.2) is 52.3 Å². The van der Waals surface area contributed by atoms with E-state index in [-0.39, 0.29) is 18.7 Å². The lowest BCUT2D eigenvalue weighted by molar-refractivity contribution is 0.0533. The van der Waals surface area contributed by atoms with E-state index in [0.717, 1.165) is 32.6 Å². The third-order valence-electron chi connectivity index (χ3n) is 5.57. The van der Waals surface area contributed by atoms with E-state index < -0.39 is 23.5 Å². The smallest absolute Gasteiger partial charge is 0.407 e. The number of nitrogens with one attached hydrogen (secondary N) is 1. The molecule has 9 heteroatoms. The lowest BCUT2D eigenvalue weighted by Gasteiger charge is -2.19. The second-order valence-corrected chi connectivity index (χ2v) is 11.3. The molecule has 1 heterocycles. The lowest BCUT2D eigenvalue weighted by atomic mass is 10.0. The Balaban J connectivity index is 1.88. The van der Waals surface area contributed by atoms with Crippen molar-refractivity contribution in [3.63, 3.8) is 0 Å². The number of aromatic carboxylic acids is 1. The van der Waals surface area contributed by atoms with Crippen molar-refractivity contribution >= 4 is 34.9 Å². The van der Waals surface area contributed by atoms with Crippen LogP contribution < -0.4 is 5.32 Å². The molecule has 0 aliphatic rings. The fourth-order valence-electron chi connectivity index (χ4n) is 3.97. The zero-order chi connectivity index (χ0) is 27.3. The average Bonchev–Trinajstić information content (AvgIpc) is 3.04. The molecule has 0 aliphatic heterocycles. The molecule has 1 amide bonds. The Bertz CT molecular complexity index is 1310. The SMILES string of the molecule is Cc1c(Cc2ccc(SN(C)C)cc2)c2cc(C(=O)O)ccc2n1C/C(F)=C/CNC(=O)OC(C)(C)C. The Morgan fingerprint density at radius 3 is 2.43 bits per heavy atom. The van der Waals surface area contributed by atoms with E-state index in [4.69, 9.17) is 4.74 Å². The van der Waals surface area contributed by atoms with Gasteiger partial charge in [0.1, 0.15) is 11.4 Å². The van der Waals surface area contributed by atoms with Crippen molar-refractivity contribution in [3.05, 3.63) is 76.8 Å². The number of carboxylic acid groups (broad SMARTS) is 1. The zero-order valence-corrected chi connectivity index (χ0v) is 22.9. The molecule has 3 rings (SSSR count). The fourth-order valence-corrected chi connectivity index (χ4v) is 4.65. The van der Waals surface area contributed by atoms with Crippen LogP contribution in [-0.2, 0) is 17.7 Å². The molecule has 0 saturated carbocycles. The Morgan fingerprint density at radius 2 is 1.84 bits per heavy atom. The maximum Gasteiger partial charge on any atom is 0.407 e. The van der Waals surface area contributed by atoms with Crippen LogP contribution in [0.15, 0.2) is 59.3 Å². The molecule has 1 aromatic heterocycles. The number of rotatable bonds is 9. The van der Waals surface area contributed by atoms with E-state index in [2.05, 4.69) is 29.6 Å². The van der Waals surface area contributed by atoms with Gasteiger partial charge in [-0.25, -0.2) is 14.0 Å². The summed E-state index contributed by atoms with van der Waals surface area (Å²) < 4.78 is 24.0. The summed E-state index contributed by atoms with van der Waals surface area (Å²) in [5.41, 5.74) is 3.17. The highest BCUT2D eigenvalue weighted by atomic mass is 32.2. The summed E-state index contributed by atoms with van der Waals surface area (Å²) in [6.07, 6.45) is 1.27. The maximum atomic E-state index is 14.9. The van der Waals surface area contributed by atoms with Crippen LogP contribution in [0, 0.1) is 6.92 Å². The van der Waals surface area contributed by atoms with E-state index in [9.17, 15) is 19.1 Å². The standard InChI is InChI=1S/C28H34FN3O4S/c1-18-23(15-19-7-10-22(11-8-19)37-31(5)6)24-16-20(26(33)34)9-12-25(24)32(18)17-21(29)13-14-30-27(35)36-28(2,3)4/h7-13,16H,14-15,17H2,1-6H3,(H,30,35)(H,33,34)/b21-13-. The van der Waals surface area contributed by atoms with E-state index in [1.165, 1.54) is 12.1 Å². The third kappa shape index (κ3) is 7.84. The summed E-state index contributed by atoms with van der Waals surface area (Å²) in [5.74, 6) is -1.43. The quantitative estimate of drug-likeness (QED) is 0.323. The number of alkyl carbamates (subject to hydrolysis) is 1. The van der Waals surface area contributed by atoms with Crippen molar-refractivity contribution in [2.75, 3.05) is 20.6 Å². The number of allylic oxidation sites excluding steroid dienone is 1. The van der Waals surface area contributed by atoms with Crippen molar-refractivity contribution in [2.45, 2.75) is 51.2 Å². The van der Waals surface area contributed by atoms with Gasteiger partial charge in [0.05, 0.1) is 12.1 Å². The highest BCUT2D eigenvalue weighted by Crippen LogP contribution is 2.31. The number of aromatic nitrogens is 1. The Hall–Kier alpha value is -3.30. The molecule has 37 heavy (non-hydrogen) atoms. The molecular weight excluding hydrogens is 493 g/mol. The number of halogens is 1. The van der Waals surface area contributed by atoms with Crippen molar-refractivity contribution in [3.8, 4) is 0 Å². The molecule has 7 nitrogen and oxygen atoms in total. The van der Waals surface area contributed by atoms with Gasteiger partial charge in [0.25, 0.3) is 0 Å². The van der Waals surface area contributed by atoms with Crippen LogP contribution in [0.4, 0.5) is 9.18 Å². The molecule has 0 aliphatic carbocycles. The first-order valence-corrected chi connectivity index (χ1v) is 12.7. The molecule has 0 fully saturated rings. The number of hydrogen-bond donors (Lipinski definition) is 2. The molecule has 2 N–H and O–H groups in total. The molecule has 0 atom stereocenters. The second-order valence-electron chi connectivity index (χ2n) is 9.95. The molecule has 0 spiro atoms. The molecule has 0 bridgehead atoms. The predicted octanol–water partition coefficient (Wildman–Crippen LogP) is 6.19. The highest BCUT2D eigenvalue weighted by Gasteiger charge is 2.18. The Labute approximate surface area is 221 Å². The average molecular weight is 528 g/mol. The lowest BCUT2D eigenvalue weighted by Crippen LogP contribution is -2.32. The van der Waals surface area contributed by atoms with Crippen LogP contribution in [0.1, 0.15) is 48.0 Å². The Kier molecular flexibility index (Phi) is 9.04. The number of benzene rings is 2. The second kappa shape index (κ2) is 11.8. The van der Waals surface area contributed by atoms with Gasteiger partial charge in [0.2, 0.25) is 0 Å². The minimum absolute atomic E-state index is 0.00762. The van der Waals surface area contributed by atoms with E-state index in [0.29, 0.717) is 6.42 Å². The summed E-state index contributed by atoms with van der Waals surface area (Å²) in [5, 5.41) is 12.8. The predicted molar refractivity (Wildman–Crippen MR) is 146 cm³/mol. The topological polar surface area (TPSA) is 83.8 Å². The van der Waals surface area contributed by atoms with E-state index in [1.807, 2.05) is 29.9 Å². The maximum absolute atomic E-state index is 14.9. The van der Waals surface area contributed by atoms with Crippen LogP contribution in [0.2, 0.25) is 0 Å². The normalized spacial score (nSPS) is 12.3. The van der Waals surface area contributed by atoms with Crippen LogP contribution >= 0.6 is 11.9 Å². The summed E-state index contributed by atoms with van der Waals surface area (Å²) in [7, 11) is 3.97. The summed E-state index contributed by atoms with van der Waals surface area (Å²) >= 11 is 1.63. The largest absolute Gasteiger partial charge is 0.478 e. The highest BCUT2D eigenvalue weighted by molar-refractivity contribution is 7.97. The third-order valence-corrected chi connectivity index (χ3v) is 6.42. The first-order chi connectivity index (χ1) is 17.3. The van der Waals surface area contributed by atoms with E-state index >= 15 is 0 Å². The van der Waals surface area contributed by atoms with Crippen molar-refractivity contribution in [2.24, 2.45) is 0 Å². The molecular formula is C28H34FN3O4S. The molecule has 3 aromatic rings. The first kappa shape index (κ1) is 28.3. The molecule has 2 aromatic carbocycles. The van der Waals surface area contributed by atoms with Gasteiger partial charge in [-0.3, -0.25) is 4.31 Å². The number of carbonyl (C=O) groups is 2. The van der Waals surface area contributed by atoms with Gasteiger partial charge in [0, 0.05) is 28.0 Å². The summed E-state index contributed by atoms with van der Waals surface area (Å²) in [6, 6.07) is 13.1. The number of carboxylic acids is 1. The van der Waals surface area contributed by atoms with Crippen LogP contribution in [0.25, 0.3) is 10.9 Å². The molecule has 0 radical (unpaired) electrons. The van der Waals surface area contributed by atoms with E-state index in [1.54, 1.807) is 44.9 Å². The van der Waals surface area contributed by atoms with Gasteiger partial charge in [0.15, 0.2) is 0 Å². The van der Waals surface area contributed by atoms with Gasteiger partial charge in [-0.2, -0.15) is 0 Å². The minimum atomic E-state index is -1.01. The number of nitrogens with zero attached hydrogens (tertiary/aromatic N) is 2.